The summed E-state index contributed by atoms with van der Waals surface area (Å²) < 4.78 is 10.5. The number of anilines is 1. The number of hydrogen-bond acceptors (Lipinski definition) is 7. The van der Waals surface area contributed by atoms with Gasteiger partial charge in [-0.05, 0) is 68.3 Å². The number of ketones is 1. The van der Waals surface area contributed by atoms with Gasteiger partial charge in [0.1, 0.15) is 5.75 Å². The number of amides is 2. The lowest BCUT2D eigenvalue weighted by atomic mass is 10.1. The average Bonchev–Trinajstić information content (AvgIpc) is 3.04. The highest BCUT2D eigenvalue weighted by atomic mass is 16.5. The van der Waals surface area contributed by atoms with Gasteiger partial charge in [0, 0.05) is 11.6 Å². The smallest absolute Gasteiger partial charge is 0.338 e. The maximum Gasteiger partial charge on any atom is 0.338 e. The number of nitrogens with one attached hydrogen (secondary N) is 1. The quantitative estimate of drug-likeness (QED) is 0.244. The van der Waals surface area contributed by atoms with E-state index in [1.165, 1.54) is 29.9 Å². The van der Waals surface area contributed by atoms with E-state index < -0.39 is 18.6 Å². The Hall–Kier alpha value is -3.52. The Morgan fingerprint density at radius 1 is 0.917 bits per heavy atom. The number of rotatable bonds is 9. The lowest BCUT2D eigenvalue weighted by Crippen LogP contribution is -2.43. The van der Waals surface area contributed by atoms with Crippen molar-refractivity contribution in [2.24, 2.45) is 0 Å². The molecule has 2 fully saturated rings. The Kier molecular flexibility index (Phi) is 8.48. The van der Waals surface area contributed by atoms with Gasteiger partial charge in [-0.15, -0.1) is 0 Å². The standard InChI is InChI=1S/C28H32N2O6/c1-2-35-23-15-11-19(12-16-23)25(31)18-36-28(34)20-9-13-22(14-10-20)30-26(32)17-24(27(30)33)29-21-7-5-3-4-6-8-21/h9-16,21,24,29H,2-8,17-18H2,1H3. The van der Waals surface area contributed by atoms with Gasteiger partial charge in [-0.25, -0.2) is 9.69 Å². The maximum absolute atomic E-state index is 13.0. The topological polar surface area (TPSA) is 102 Å². The summed E-state index contributed by atoms with van der Waals surface area (Å²) in [7, 11) is 0. The van der Waals surface area contributed by atoms with Crippen LogP contribution in [-0.4, -0.2) is 48.9 Å². The fourth-order valence-corrected chi connectivity index (χ4v) is 4.71. The molecule has 1 saturated carbocycles. The predicted molar refractivity (Wildman–Crippen MR) is 134 cm³/mol. The molecule has 2 aromatic rings. The Morgan fingerprint density at radius 2 is 1.56 bits per heavy atom. The van der Waals surface area contributed by atoms with Crippen molar-refractivity contribution in [3.63, 3.8) is 0 Å². The van der Waals surface area contributed by atoms with E-state index in [1.54, 1.807) is 36.4 Å². The number of esters is 1. The second kappa shape index (κ2) is 11.9. The summed E-state index contributed by atoms with van der Waals surface area (Å²) in [5.74, 6) is -0.855. The molecule has 1 saturated heterocycles. The van der Waals surface area contributed by atoms with Gasteiger partial charge in [0.05, 0.1) is 30.3 Å². The molecule has 1 heterocycles. The molecule has 2 amide bonds. The number of carbonyl (C=O) groups is 4. The maximum atomic E-state index is 13.0. The van der Waals surface area contributed by atoms with E-state index >= 15 is 0 Å². The van der Waals surface area contributed by atoms with Crippen LogP contribution in [0.3, 0.4) is 0 Å². The molecule has 2 aliphatic rings. The van der Waals surface area contributed by atoms with Crippen molar-refractivity contribution < 1.29 is 28.7 Å². The zero-order valence-corrected chi connectivity index (χ0v) is 20.5. The second-order valence-electron chi connectivity index (χ2n) is 9.18. The largest absolute Gasteiger partial charge is 0.494 e. The van der Waals surface area contributed by atoms with Gasteiger partial charge in [-0.2, -0.15) is 0 Å². The minimum Gasteiger partial charge on any atom is -0.494 e. The van der Waals surface area contributed by atoms with Crippen molar-refractivity contribution in [2.75, 3.05) is 18.1 Å². The van der Waals surface area contributed by atoms with Crippen LogP contribution in [0.5, 0.6) is 5.75 Å². The molecule has 8 heteroatoms. The van der Waals surface area contributed by atoms with E-state index in [0.717, 1.165) is 25.7 Å². The van der Waals surface area contributed by atoms with E-state index in [2.05, 4.69) is 5.32 Å². The molecular weight excluding hydrogens is 460 g/mol. The van der Waals surface area contributed by atoms with Gasteiger partial charge in [0.15, 0.2) is 12.4 Å². The van der Waals surface area contributed by atoms with Gasteiger partial charge in [0.25, 0.3) is 5.91 Å². The van der Waals surface area contributed by atoms with E-state index in [9.17, 15) is 19.2 Å². The monoisotopic (exact) mass is 492 g/mol. The van der Waals surface area contributed by atoms with Crippen LogP contribution < -0.4 is 15.0 Å². The fourth-order valence-electron chi connectivity index (χ4n) is 4.71. The number of hydrogen-bond donors (Lipinski definition) is 1. The van der Waals surface area contributed by atoms with E-state index in [0.29, 0.717) is 23.6 Å². The molecule has 0 radical (unpaired) electrons. The number of nitrogens with zero attached hydrogens (tertiary/aromatic N) is 1. The second-order valence-corrected chi connectivity index (χ2v) is 9.18. The van der Waals surface area contributed by atoms with Gasteiger partial charge in [0.2, 0.25) is 5.91 Å². The molecule has 2 aromatic carbocycles. The minimum absolute atomic E-state index is 0.132. The first-order valence-corrected chi connectivity index (χ1v) is 12.6. The lowest BCUT2D eigenvalue weighted by molar-refractivity contribution is -0.121. The number of Topliss-reactive ketones (excluding diaryl/α,β-unsaturated/α-hetero) is 1. The molecule has 1 unspecified atom stereocenters. The molecule has 190 valence electrons. The normalized spacial score (nSPS) is 18.7. The van der Waals surface area contributed by atoms with Crippen molar-refractivity contribution in [1.29, 1.82) is 0 Å². The van der Waals surface area contributed by atoms with E-state index in [-0.39, 0.29) is 35.6 Å². The number of ether oxygens (including phenoxy) is 2. The summed E-state index contributed by atoms with van der Waals surface area (Å²) >= 11 is 0. The predicted octanol–water partition coefficient (Wildman–Crippen LogP) is 4.07. The summed E-state index contributed by atoms with van der Waals surface area (Å²) in [6, 6.07) is 12.5. The highest BCUT2D eigenvalue weighted by Crippen LogP contribution is 2.25. The summed E-state index contributed by atoms with van der Waals surface area (Å²) in [5.41, 5.74) is 1.06. The van der Waals surface area contributed by atoms with Gasteiger partial charge >= 0.3 is 5.97 Å². The molecule has 0 aromatic heterocycles. The number of carbonyl (C=O) groups excluding carboxylic acids is 4. The van der Waals surface area contributed by atoms with Crippen molar-refractivity contribution in [1.82, 2.24) is 5.32 Å². The van der Waals surface area contributed by atoms with E-state index in [1.807, 2.05) is 6.92 Å². The first-order valence-electron chi connectivity index (χ1n) is 12.6. The molecule has 36 heavy (non-hydrogen) atoms. The molecule has 1 aliphatic carbocycles. The third-order valence-electron chi connectivity index (χ3n) is 6.62. The summed E-state index contributed by atoms with van der Waals surface area (Å²) in [6.45, 7) is 2.01. The Bertz CT molecular complexity index is 1090. The Labute approximate surface area is 210 Å². The summed E-state index contributed by atoms with van der Waals surface area (Å²) in [4.78, 5) is 51.5. The zero-order valence-electron chi connectivity index (χ0n) is 20.5. The van der Waals surface area contributed by atoms with Crippen LogP contribution in [0.4, 0.5) is 5.69 Å². The average molecular weight is 493 g/mol. The fraction of sp³-hybridized carbons (Fsp3) is 0.429. The van der Waals surface area contributed by atoms with Crippen molar-refractivity contribution in [3.8, 4) is 5.75 Å². The van der Waals surface area contributed by atoms with Crippen LogP contribution >= 0.6 is 0 Å². The first-order chi connectivity index (χ1) is 17.5. The molecule has 1 N–H and O–H groups in total. The van der Waals surface area contributed by atoms with Crippen LogP contribution in [0.25, 0.3) is 0 Å². The molecule has 1 atom stereocenters. The summed E-state index contributed by atoms with van der Waals surface area (Å²) in [6.07, 6.45) is 6.89. The highest BCUT2D eigenvalue weighted by Gasteiger charge is 2.40. The number of imide groups is 1. The SMILES string of the molecule is CCOc1ccc(C(=O)COC(=O)c2ccc(N3C(=O)CC(NC4CCCCCC4)C3=O)cc2)cc1. The first kappa shape index (κ1) is 25.6. The summed E-state index contributed by atoms with van der Waals surface area (Å²) in [5, 5.41) is 3.39. The van der Waals surface area contributed by atoms with Gasteiger partial charge in [-0.1, -0.05) is 25.7 Å². The van der Waals surface area contributed by atoms with Crippen LogP contribution in [0.1, 0.15) is 72.6 Å². The third-order valence-corrected chi connectivity index (χ3v) is 6.62. The van der Waals surface area contributed by atoms with E-state index in [4.69, 9.17) is 9.47 Å². The Balaban J connectivity index is 1.32. The van der Waals surface area contributed by atoms with Gasteiger partial charge in [-0.3, -0.25) is 14.4 Å². The molecule has 4 rings (SSSR count). The Morgan fingerprint density at radius 3 is 2.19 bits per heavy atom. The molecule has 0 bridgehead atoms. The van der Waals surface area contributed by atoms with Gasteiger partial charge < -0.3 is 14.8 Å². The van der Waals surface area contributed by atoms with Crippen LogP contribution in [0, 0.1) is 0 Å². The lowest BCUT2D eigenvalue weighted by Gasteiger charge is -2.21. The molecular formula is C28H32N2O6. The van der Waals surface area contributed by atoms with Crippen LogP contribution in [0.15, 0.2) is 48.5 Å². The molecule has 1 aliphatic heterocycles. The van der Waals surface area contributed by atoms with Crippen LogP contribution in [-0.2, 0) is 14.3 Å². The van der Waals surface area contributed by atoms with Crippen molar-refractivity contribution in [3.05, 3.63) is 59.7 Å². The molecule has 8 nitrogen and oxygen atoms in total. The third kappa shape index (κ3) is 6.18. The number of benzene rings is 2. The minimum atomic E-state index is -0.659. The van der Waals surface area contributed by atoms with Crippen molar-refractivity contribution >= 4 is 29.3 Å². The van der Waals surface area contributed by atoms with Crippen molar-refractivity contribution in [2.45, 2.75) is 64.0 Å². The highest BCUT2D eigenvalue weighted by molar-refractivity contribution is 6.22. The van der Waals surface area contributed by atoms with Crippen LogP contribution in [0.2, 0.25) is 0 Å². The molecule has 0 spiro atoms. The zero-order chi connectivity index (χ0) is 25.5.